The van der Waals surface area contributed by atoms with Crippen molar-refractivity contribution in [1.82, 2.24) is 0 Å². The largest absolute Gasteiger partial charge is 0.333 e. The topological polar surface area (TPSA) is 26.0 Å². The van der Waals surface area contributed by atoms with Crippen LogP contribution in [0, 0.1) is 0 Å². The lowest BCUT2D eigenvalue weighted by Gasteiger charge is -1.97. The summed E-state index contributed by atoms with van der Waals surface area (Å²) in [4.78, 5) is 0. The van der Waals surface area contributed by atoms with Crippen molar-refractivity contribution in [1.29, 1.82) is 0 Å². The molecule has 0 atom stereocenters. The lowest BCUT2D eigenvalue weighted by atomic mass is 10.1. The summed E-state index contributed by atoms with van der Waals surface area (Å²) in [6.45, 7) is 0. The van der Waals surface area contributed by atoms with Gasteiger partial charge in [0.05, 0.1) is 0 Å². The zero-order chi connectivity index (χ0) is 9.68. The van der Waals surface area contributed by atoms with E-state index in [1.165, 1.54) is 17.8 Å². The van der Waals surface area contributed by atoms with Crippen LogP contribution in [0.3, 0.4) is 0 Å². The summed E-state index contributed by atoms with van der Waals surface area (Å²) < 4.78 is 1.16. The maximum atomic E-state index is 4.50. The Labute approximate surface area is 86.7 Å². The van der Waals surface area contributed by atoms with E-state index in [4.69, 9.17) is 0 Å². The molecule has 2 aromatic rings. The molecule has 0 aliphatic heterocycles. The molecule has 0 aliphatic carbocycles. The van der Waals surface area contributed by atoms with E-state index in [1.54, 1.807) is 0 Å². The molecule has 1 nitrogen and oxygen atoms in total. The molecule has 2 rings (SSSR count). The van der Waals surface area contributed by atoms with Crippen molar-refractivity contribution < 1.29 is 0 Å². The van der Waals surface area contributed by atoms with Gasteiger partial charge in [-0.05, 0) is 23.9 Å². The van der Waals surface area contributed by atoms with Crippen LogP contribution in [-0.2, 0) is 0 Å². The SMILES string of the molecule is Brc1cccc2ccccc12.CN. The Bertz CT molecular complexity index is 379. The maximum Gasteiger partial charge on any atom is 0.0253 e. The van der Waals surface area contributed by atoms with Gasteiger partial charge >= 0.3 is 0 Å². The Kier molecular flexibility index (Phi) is 3.93. The Hall–Kier alpha value is -0.860. The summed E-state index contributed by atoms with van der Waals surface area (Å²) in [5.41, 5.74) is 4.50. The van der Waals surface area contributed by atoms with Crippen molar-refractivity contribution >= 4 is 26.7 Å². The molecule has 0 aliphatic rings. The summed E-state index contributed by atoms with van der Waals surface area (Å²) in [5.74, 6) is 0. The predicted octanol–water partition coefficient (Wildman–Crippen LogP) is 3.18. The van der Waals surface area contributed by atoms with Gasteiger partial charge in [0, 0.05) is 4.47 Å². The normalized spacial score (nSPS) is 9.15. The number of hydrogen-bond acceptors (Lipinski definition) is 1. The molecule has 2 N–H and O–H groups in total. The fourth-order valence-electron chi connectivity index (χ4n) is 1.19. The second-order valence-corrected chi connectivity index (χ2v) is 3.32. The molecular weight excluding hydrogens is 226 g/mol. The van der Waals surface area contributed by atoms with Crippen molar-refractivity contribution in [3.63, 3.8) is 0 Å². The van der Waals surface area contributed by atoms with E-state index < -0.39 is 0 Å². The maximum absolute atomic E-state index is 4.50. The van der Waals surface area contributed by atoms with Gasteiger partial charge < -0.3 is 5.73 Å². The van der Waals surface area contributed by atoms with Gasteiger partial charge in [0.2, 0.25) is 0 Å². The molecule has 2 aromatic carbocycles. The van der Waals surface area contributed by atoms with E-state index in [9.17, 15) is 0 Å². The molecule has 2 heteroatoms. The lowest BCUT2D eigenvalue weighted by molar-refractivity contribution is 1.48. The summed E-state index contributed by atoms with van der Waals surface area (Å²) in [7, 11) is 1.50. The van der Waals surface area contributed by atoms with E-state index in [0.29, 0.717) is 0 Å². The fraction of sp³-hybridized carbons (Fsp3) is 0.0909. The molecule has 0 bridgehead atoms. The quantitative estimate of drug-likeness (QED) is 0.749. The summed E-state index contributed by atoms with van der Waals surface area (Å²) >= 11 is 3.50. The van der Waals surface area contributed by atoms with Gasteiger partial charge in [0.15, 0.2) is 0 Å². The molecule has 0 amide bonds. The van der Waals surface area contributed by atoms with Gasteiger partial charge in [0.25, 0.3) is 0 Å². The molecule has 13 heavy (non-hydrogen) atoms. The smallest absolute Gasteiger partial charge is 0.0253 e. The van der Waals surface area contributed by atoms with Crippen molar-refractivity contribution in [2.24, 2.45) is 5.73 Å². The lowest BCUT2D eigenvalue weighted by Crippen LogP contribution is -1.71. The summed E-state index contributed by atoms with van der Waals surface area (Å²) in [6.07, 6.45) is 0. The van der Waals surface area contributed by atoms with E-state index >= 15 is 0 Å². The third-order valence-corrected chi connectivity index (χ3v) is 2.43. The van der Waals surface area contributed by atoms with Gasteiger partial charge in [-0.25, -0.2) is 0 Å². The van der Waals surface area contributed by atoms with Crippen LogP contribution in [-0.4, -0.2) is 7.05 Å². The van der Waals surface area contributed by atoms with E-state index in [1.807, 2.05) is 12.1 Å². The number of rotatable bonds is 0. The highest BCUT2D eigenvalue weighted by Gasteiger charge is 1.93. The van der Waals surface area contributed by atoms with Gasteiger partial charge in [-0.1, -0.05) is 52.3 Å². The monoisotopic (exact) mass is 237 g/mol. The van der Waals surface area contributed by atoms with Gasteiger partial charge in [-0.2, -0.15) is 0 Å². The van der Waals surface area contributed by atoms with Crippen LogP contribution >= 0.6 is 15.9 Å². The number of fused-ring (bicyclic) bond motifs is 1. The molecule has 0 unspecified atom stereocenters. The first-order chi connectivity index (χ1) is 6.38. The standard InChI is InChI=1S/C10H7Br.CH5N/c11-10-7-3-5-8-4-1-2-6-9(8)10;1-2/h1-7H;2H2,1H3. The minimum absolute atomic E-state index is 1.16. The number of benzene rings is 2. The van der Waals surface area contributed by atoms with Crippen LogP contribution in [0.5, 0.6) is 0 Å². The molecule has 0 radical (unpaired) electrons. The molecule has 0 fully saturated rings. The van der Waals surface area contributed by atoms with Crippen LogP contribution < -0.4 is 5.73 Å². The van der Waals surface area contributed by atoms with Crippen molar-refractivity contribution in [2.75, 3.05) is 7.05 Å². The van der Waals surface area contributed by atoms with Crippen LogP contribution in [0.4, 0.5) is 0 Å². The molecule has 0 saturated heterocycles. The summed E-state index contributed by atoms with van der Waals surface area (Å²) in [5, 5.41) is 2.55. The first-order valence-corrected chi connectivity index (χ1v) is 4.88. The van der Waals surface area contributed by atoms with Crippen molar-refractivity contribution in [3.05, 3.63) is 46.9 Å². The Balaban J connectivity index is 0.000000396. The molecule has 0 spiro atoms. The number of halogens is 1. The molecule has 0 heterocycles. The third-order valence-electron chi connectivity index (χ3n) is 1.74. The van der Waals surface area contributed by atoms with Gasteiger partial charge in [0.1, 0.15) is 0 Å². The highest BCUT2D eigenvalue weighted by atomic mass is 79.9. The van der Waals surface area contributed by atoms with Crippen LogP contribution in [0.15, 0.2) is 46.9 Å². The minimum Gasteiger partial charge on any atom is -0.333 e. The molecule has 68 valence electrons. The van der Waals surface area contributed by atoms with Gasteiger partial charge in [-0.15, -0.1) is 0 Å². The highest BCUT2D eigenvalue weighted by Crippen LogP contribution is 2.22. The van der Waals surface area contributed by atoms with E-state index in [-0.39, 0.29) is 0 Å². The van der Waals surface area contributed by atoms with E-state index in [0.717, 1.165) is 4.47 Å². The zero-order valence-electron chi connectivity index (χ0n) is 7.50. The third kappa shape index (κ3) is 2.29. The average Bonchev–Trinajstić information content (AvgIpc) is 2.22. The zero-order valence-corrected chi connectivity index (χ0v) is 9.08. The first kappa shape index (κ1) is 10.2. The first-order valence-electron chi connectivity index (χ1n) is 4.09. The van der Waals surface area contributed by atoms with Crippen LogP contribution in [0.1, 0.15) is 0 Å². The van der Waals surface area contributed by atoms with Crippen LogP contribution in [0.25, 0.3) is 10.8 Å². The molecule has 0 saturated carbocycles. The fourth-order valence-corrected chi connectivity index (χ4v) is 1.70. The van der Waals surface area contributed by atoms with Gasteiger partial charge in [-0.3, -0.25) is 0 Å². The minimum atomic E-state index is 1.16. The Morgan fingerprint density at radius 3 is 2.23 bits per heavy atom. The summed E-state index contributed by atoms with van der Waals surface area (Å²) in [6, 6.07) is 14.5. The average molecular weight is 238 g/mol. The van der Waals surface area contributed by atoms with Crippen LogP contribution in [0.2, 0.25) is 0 Å². The Morgan fingerprint density at radius 1 is 0.923 bits per heavy atom. The molecule has 0 aromatic heterocycles. The predicted molar refractivity (Wildman–Crippen MR) is 61.8 cm³/mol. The number of hydrogen-bond donors (Lipinski definition) is 1. The second-order valence-electron chi connectivity index (χ2n) is 2.46. The van der Waals surface area contributed by atoms with Crippen molar-refractivity contribution in [2.45, 2.75) is 0 Å². The Morgan fingerprint density at radius 2 is 1.54 bits per heavy atom. The molecular formula is C11H12BrN. The second kappa shape index (κ2) is 5.00. The van der Waals surface area contributed by atoms with E-state index in [2.05, 4.69) is 52.0 Å². The number of nitrogens with two attached hydrogens (primary N) is 1. The highest BCUT2D eigenvalue weighted by molar-refractivity contribution is 9.10. The van der Waals surface area contributed by atoms with Crippen molar-refractivity contribution in [3.8, 4) is 0 Å².